The standard InChI is InChI=1S/C19H15F3O3/c1-12-10-13(4-8-17(12)24)2-6-15(23)7-3-14-5-9-18(25)16(11-14)19(20,21)22/h2-11,24-25H,1H3/b6-2+,7-3+. The van der Waals surface area contributed by atoms with Crippen molar-refractivity contribution in [2.45, 2.75) is 13.1 Å². The van der Waals surface area contributed by atoms with E-state index in [4.69, 9.17) is 0 Å². The summed E-state index contributed by atoms with van der Waals surface area (Å²) in [5, 5.41) is 18.7. The molecular formula is C19H15F3O3. The minimum Gasteiger partial charge on any atom is -0.508 e. The van der Waals surface area contributed by atoms with Crippen molar-refractivity contribution < 1.29 is 28.2 Å². The lowest BCUT2D eigenvalue weighted by molar-refractivity contribution is -0.138. The average Bonchev–Trinajstić information content (AvgIpc) is 2.54. The van der Waals surface area contributed by atoms with Gasteiger partial charge in [0.05, 0.1) is 5.56 Å². The van der Waals surface area contributed by atoms with E-state index in [9.17, 15) is 28.2 Å². The summed E-state index contributed by atoms with van der Waals surface area (Å²) in [5.74, 6) is -1.12. The van der Waals surface area contributed by atoms with Gasteiger partial charge in [0.2, 0.25) is 0 Å². The molecule has 2 aromatic carbocycles. The molecule has 0 amide bonds. The highest BCUT2D eigenvalue weighted by Gasteiger charge is 2.33. The van der Waals surface area contributed by atoms with Crippen LogP contribution in [0, 0.1) is 6.92 Å². The summed E-state index contributed by atoms with van der Waals surface area (Å²) < 4.78 is 38.2. The molecule has 0 aliphatic carbocycles. The van der Waals surface area contributed by atoms with E-state index in [2.05, 4.69) is 0 Å². The maximum atomic E-state index is 12.7. The highest BCUT2D eigenvalue weighted by atomic mass is 19.4. The summed E-state index contributed by atoms with van der Waals surface area (Å²) in [5.41, 5.74) is 0.361. The topological polar surface area (TPSA) is 57.5 Å². The molecule has 3 nitrogen and oxygen atoms in total. The van der Waals surface area contributed by atoms with Gasteiger partial charge in [-0.25, -0.2) is 0 Å². The van der Waals surface area contributed by atoms with E-state index in [1.807, 2.05) is 0 Å². The van der Waals surface area contributed by atoms with Crippen molar-refractivity contribution in [1.82, 2.24) is 0 Å². The summed E-state index contributed by atoms with van der Waals surface area (Å²) in [6.45, 7) is 1.72. The van der Waals surface area contributed by atoms with Gasteiger partial charge in [0, 0.05) is 0 Å². The van der Waals surface area contributed by atoms with Crippen LogP contribution >= 0.6 is 0 Å². The Hall–Kier alpha value is -3.02. The second kappa shape index (κ2) is 7.25. The number of phenols is 2. The van der Waals surface area contributed by atoms with Crippen LogP contribution in [0.25, 0.3) is 12.2 Å². The van der Waals surface area contributed by atoms with Crippen LogP contribution in [-0.2, 0) is 11.0 Å². The Morgan fingerprint density at radius 2 is 1.44 bits per heavy atom. The molecule has 0 aliphatic rings. The van der Waals surface area contributed by atoms with Gasteiger partial charge in [0.25, 0.3) is 0 Å². The molecule has 0 bridgehead atoms. The van der Waals surface area contributed by atoms with E-state index < -0.39 is 23.3 Å². The van der Waals surface area contributed by atoms with E-state index in [0.717, 1.165) is 18.2 Å². The van der Waals surface area contributed by atoms with Crippen molar-refractivity contribution >= 4 is 17.9 Å². The maximum Gasteiger partial charge on any atom is 0.419 e. The van der Waals surface area contributed by atoms with Crippen molar-refractivity contribution in [3.63, 3.8) is 0 Å². The molecular weight excluding hydrogens is 333 g/mol. The van der Waals surface area contributed by atoms with Crippen LogP contribution in [0.3, 0.4) is 0 Å². The molecule has 0 saturated heterocycles. The molecule has 0 heterocycles. The van der Waals surface area contributed by atoms with Crippen LogP contribution in [-0.4, -0.2) is 16.0 Å². The second-order valence-corrected chi connectivity index (χ2v) is 5.39. The average molecular weight is 348 g/mol. The normalized spacial score (nSPS) is 12.2. The first-order chi connectivity index (χ1) is 11.7. The number of hydrogen-bond acceptors (Lipinski definition) is 3. The zero-order valence-electron chi connectivity index (χ0n) is 13.2. The Morgan fingerprint density at radius 1 is 0.920 bits per heavy atom. The summed E-state index contributed by atoms with van der Waals surface area (Å²) in [6, 6.07) is 7.81. The number of ketones is 1. The van der Waals surface area contributed by atoms with Gasteiger partial charge in [0.1, 0.15) is 11.5 Å². The van der Waals surface area contributed by atoms with E-state index in [1.165, 1.54) is 30.4 Å². The van der Waals surface area contributed by atoms with E-state index in [0.29, 0.717) is 11.1 Å². The minimum absolute atomic E-state index is 0.146. The molecule has 0 aromatic heterocycles. The maximum absolute atomic E-state index is 12.7. The Bertz CT molecular complexity index is 849. The predicted molar refractivity (Wildman–Crippen MR) is 89.0 cm³/mol. The Morgan fingerprint density at radius 3 is 1.96 bits per heavy atom. The first kappa shape index (κ1) is 18.3. The van der Waals surface area contributed by atoms with Gasteiger partial charge in [-0.2, -0.15) is 13.2 Å². The lowest BCUT2D eigenvalue weighted by atomic mass is 10.1. The highest BCUT2D eigenvalue weighted by molar-refractivity contribution is 6.04. The summed E-state index contributed by atoms with van der Waals surface area (Å²) in [6.07, 6.45) is 0.513. The van der Waals surface area contributed by atoms with E-state index in [-0.39, 0.29) is 11.3 Å². The fourth-order valence-electron chi connectivity index (χ4n) is 2.08. The quantitative estimate of drug-likeness (QED) is 0.786. The fraction of sp³-hybridized carbons (Fsp3) is 0.105. The number of carbonyl (C=O) groups is 1. The van der Waals surface area contributed by atoms with Crippen LogP contribution < -0.4 is 0 Å². The Balaban J connectivity index is 2.12. The zero-order chi connectivity index (χ0) is 18.6. The lowest BCUT2D eigenvalue weighted by Gasteiger charge is -2.09. The number of allylic oxidation sites excluding steroid dienone is 2. The minimum atomic E-state index is -4.67. The van der Waals surface area contributed by atoms with Crippen molar-refractivity contribution in [2.75, 3.05) is 0 Å². The number of carbonyl (C=O) groups excluding carboxylic acids is 1. The number of halogens is 3. The molecule has 2 N–H and O–H groups in total. The third-order valence-electron chi connectivity index (χ3n) is 3.43. The highest BCUT2D eigenvalue weighted by Crippen LogP contribution is 2.36. The monoisotopic (exact) mass is 348 g/mol. The van der Waals surface area contributed by atoms with Gasteiger partial charge < -0.3 is 10.2 Å². The van der Waals surface area contributed by atoms with Gasteiger partial charge in [-0.15, -0.1) is 0 Å². The van der Waals surface area contributed by atoms with Gasteiger partial charge in [0.15, 0.2) is 5.78 Å². The predicted octanol–water partition coefficient (Wildman–Crippen LogP) is 4.72. The van der Waals surface area contributed by atoms with Crippen molar-refractivity contribution in [3.05, 3.63) is 70.8 Å². The largest absolute Gasteiger partial charge is 0.508 e. The fourth-order valence-corrected chi connectivity index (χ4v) is 2.08. The van der Waals surface area contributed by atoms with Crippen molar-refractivity contribution in [1.29, 1.82) is 0 Å². The molecule has 2 rings (SSSR count). The number of rotatable bonds is 4. The molecule has 0 atom stereocenters. The van der Waals surface area contributed by atoms with E-state index >= 15 is 0 Å². The number of alkyl halides is 3. The molecule has 0 radical (unpaired) electrons. The second-order valence-electron chi connectivity index (χ2n) is 5.39. The Labute approximate surface area is 142 Å². The Kier molecular flexibility index (Phi) is 5.32. The summed E-state index contributed by atoms with van der Waals surface area (Å²) >= 11 is 0. The van der Waals surface area contributed by atoms with Gasteiger partial charge in [-0.1, -0.05) is 24.3 Å². The molecule has 0 spiro atoms. The first-order valence-corrected chi connectivity index (χ1v) is 7.27. The van der Waals surface area contributed by atoms with Gasteiger partial charge >= 0.3 is 6.18 Å². The van der Waals surface area contributed by atoms with Crippen LogP contribution in [0.1, 0.15) is 22.3 Å². The number of aryl methyl sites for hydroxylation is 1. The molecule has 2 aromatic rings. The number of phenolic OH excluding ortho intramolecular Hbond substituents is 2. The molecule has 25 heavy (non-hydrogen) atoms. The molecule has 0 saturated carbocycles. The van der Waals surface area contributed by atoms with Crippen LogP contribution in [0.15, 0.2) is 48.6 Å². The molecule has 6 heteroatoms. The molecule has 0 aliphatic heterocycles. The number of benzene rings is 2. The van der Waals surface area contributed by atoms with Crippen molar-refractivity contribution in [2.24, 2.45) is 0 Å². The molecule has 0 unspecified atom stereocenters. The van der Waals surface area contributed by atoms with Crippen LogP contribution in [0.2, 0.25) is 0 Å². The zero-order valence-corrected chi connectivity index (χ0v) is 13.2. The third kappa shape index (κ3) is 4.97. The van der Waals surface area contributed by atoms with E-state index in [1.54, 1.807) is 19.1 Å². The number of hydrogen-bond donors (Lipinski definition) is 2. The van der Waals surface area contributed by atoms with Crippen LogP contribution in [0.4, 0.5) is 13.2 Å². The smallest absolute Gasteiger partial charge is 0.419 e. The lowest BCUT2D eigenvalue weighted by Crippen LogP contribution is -2.05. The third-order valence-corrected chi connectivity index (χ3v) is 3.43. The molecule has 0 fully saturated rings. The summed E-state index contributed by atoms with van der Waals surface area (Å²) in [7, 11) is 0. The van der Waals surface area contributed by atoms with Gasteiger partial charge in [-0.3, -0.25) is 4.79 Å². The van der Waals surface area contributed by atoms with Crippen LogP contribution in [0.5, 0.6) is 11.5 Å². The van der Waals surface area contributed by atoms with Crippen molar-refractivity contribution in [3.8, 4) is 11.5 Å². The first-order valence-electron chi connectivity index (χ1n) is 7.27. The SMILES string of the molecule is Cc1cc(/C=C/C(=O)/C=C/c2ccc(O)c(C(F)(F)F)c2)ccc1O. The molecule has 130 valence electrons. The van der Waals surface area contributed by atoms with Gasteiger partial charge in [-0.05, 0) is 60.0 Å². The number of aromatic hydroxyl groups is 2. The summed E-state index contributed by atoms with van der Waals surface area (Å²) in [4.78, 5) is 11.8.